The van der Waals surface area contributed by atoms with Gasteiger partial charge in [0.05, 0.1) is 11.0 Å². The molecule has 0 fully saturated rings. The summed E-state index contributed by atoms with van der Waals surface area (Å²) in [5.41, 5.74) is 0.749. The molecular formula is C25H44N2O4Si2. The number of rotatable bonds is 4. The summed E-state index contributed by atoms with van der Waals surface area (Å²) in [4.78, 5) is 17.7. The van der Waals surface area contributed by atoms with Gasteiger partial charge in [0.2, 0.25) is 0 Å². The molecule has 2 rings (SSSR count). The lowest BCUT2D eigenvalue weighted by atomic mass is 10.2. The van der Waals surface area contributed by atoms with E-state index < -0.39 is 28.3 Å². The van der Waals surface area contributed by atoms with Crippen molar-refractivity contribution in [1.82, 2.24) is 9.55 Å². The molecule has 0 aliphatic carbocycles. The molecule has 33 heavy (non-hydrogen) atoms. The Morgan fingerprint density at radius 3 is 1.64 bits per heavy atom. The maximum Gasteiger partial charge on any atom is 0.420 e. The highest BCUT2D eigenvalue weighted by molar-refractivity contribution is 6.75. The Balaban J connectivity index is 2.73. The van der Waals surface area contributed by atoms with E-state index in [9.17, 15) is 4.79 Å². The van der Waals surface area contributed by atoms with E-state index in [4.69, 9.17) is 13.6 Å². The average molecular weight is 493 g/mol. The molecule has 0 atom stereocenters. The molecule has 0 aliphatic heterocycles. The lowest BCUT2D eigenvalue weighted by Crippen LogP contribution is -2.45. The van der Waals surface area contributed by atoms with Crippen molar-refractivity contribution in [2.24, 2.45) is 0 Å². The molecule has 6 nitrogen and oxygen atoms in total. The van der Waals surface area contributed by atoms with Gasteiger partial charge < -0.3 is 13.6 Å². The number of carbonyl (C=O) groups excluding carboxylic acids is 1. The van der Waals surface area contributed by atoms with Gasteiger partial charge in [0.1, 0.15) is 22.9 Å². The summed E-state index contributed by atoms with van der Waals surface area (Å²) in [5.74, 6) is 1.94. The quantitative estimate of drug-likeness (QED) is 0.406. The molecule has 0 radical (unpaired) electrons. The zero-order chi connectivity index (χ0) is 25.8. The summed E-state index contributed by atoms with van der Waals surface area (Å²) >= 11 is 0. The third kappa shape index (κ3) is 6.01. The van der Waals surface area contributed by atoms with Gasteiger partial charge in [-0.15, -0.1) is 0 Å². The molecule has 2 aromatic rings. The fraction of sp³-hybridized carbons (Fsp3) is 0.680. The van der Waals surface area contributed by atoms with E-state index in [1.165, 1.54) is 4.57 Å². The molecule has 0 N–H and O–H groups in total. The maximum atomic E-state index is 13.0. The molecule has 0 amide bonds. The lowest BCUT2D eigenvalue weighted by Gasteiger charge is -2.39. The molecule has 0 spiro atoms. The van der Waals surface area contributed by atoms with Crippen LogP contribution in [0.4, 0.5) is 4.79 Å². The largest absolute Gasteiger partial charge is 0.541 e. The van der Waals surface area contributed by atoms with Gasteiger partial charge in [0, 0.05) is 12.1 Å². The molecule has 186 valence electrons. The molecular weight excluding hydrogens is 448 g/mol. The topological polar surface area (TPSA) is 62.6 Å². The monoisotopic (exact) mass is 492 g/mol. The molecule has 1 aromatic carbocycles. The van der Waals surface area contributed by atoms with E-state index in [-0.39, 0.29) is 10.1 Å². The number of imidazole rings is 1. The minimum Gasteiger partial charge on any atom is -0.541 e. The van der Waals surface area contributed by atoms with E-state index in [1.54, 1.807) is 0 Å². The van der Waals surface area contributed by atoms with Crippen molar-refractivity contribution < 1.29 is 18.4 Å². The first kappa shape index (κ1) is 27.4. The highest BCUT2D eigenvalue weighted by Gasteiger charge is 2.42. The third-order valence-electron chi connectivity index (χ3n) is 6.81. The van der Waals surface area contributed by atoms with Crippen molar-refractivity contribution in [3.05, 3.63) is 18.0 Å². The van der Waals surface area contributed by atoms with Crippen molar-refractivity contribution in [2.75, 3.05) is 0 Å². The summed E-state index contributed by atoms with van der Waals surface area (Å²) in [6.45, 7) is 29.5. The summed E-state index contributed by atoms with van der Waals surface area (Å²) in [5, 5.41) is 0.0412. The second-order valence-corrected chi connectivity index (χ2v) is 22.4. The van der Waals surface area contributed by atoms with E-state index >= 15 is 0 Å². The van der Waals surface area contributed by atoms with Crippen LogP contribution in [0.2, 0.25) is 36.3 Å². The molecule has 0 saturated carbocycles. The summed E-state index contributed by atoms with van der Waals surface area (Å²) < 4.78 is 20.6. The maximum absolute atomic E-state index is 13.0. The average Bonchev–Trinajstić information content (AvgIpc) is 2.85. The molecule has 1 heterocycles. The van der Waals surface area contributed by atoms with Gasteiger partial charge in [-0.05, 0) is 64.0 Å². The Morgan fingerprint density at radius 1 is 0.818 bits per heavy atom. The number of hydrogen-bond donors (Lipinski definition) is 0. The third-order valence-corrected chi connectivity index (χ3v) is 15.5. The molecule has 0 unspecified atom stereocenters. The number of aromatic nitrogens is 2. The van der Waals surface area contributed by atoms with Gasteiger partial charge in [-0.25, -0.2) is 14.3 Å². The normalized spacial score (nSPS) is 13.9. The van der Waals surface area contributed by atoms with E-state index in [0.717, 1.165) is 0 Å². The van der Waals surface area contributed by atoms with Crippen molar-refractivity contribution >= 4 is 33.8 Å². The predicted molar refractivity (Wildman–Crippen MR) is 142 cm³/mol. The van der Waals surface area contributed by atoms with Crippen molar-refractivity contribution in [1.29, 1.82) is 0 Å². The summed E-state index contributed by atoms with van der Waals surface area (Å²) in [6.07, 6.45) is -0.446. The van der Waals surface area contributed by atoms with Gasteiger partial charge in [-0.2, -0.15) is 0 Å². The lowest BCUT2D eigenvalue weighted by molar-refractivity contribution is 0.0540. The second-order valence-electron chi connectivity index (χ2n) is 13.0. The SMILES string of the molecule is Cc1nc2cc(O[Si](C)(C)C(C)(C)C)c(O[Si](C)(C)C(C)(C)C)cc2n1C(=O)OC(C)(C)C. The van der Waals surface area contributed by atoms with Crippen LogP contribution < -0.4 is 8.85 Å². The van der Waals surface area contributed by atoms with Gasteiger partial charge in [0.25, 0.3) is 16.6 Å². The molecule has 0 bridgehead atoms. The first-order valence-corrected chi connectivity index (χ1v) is 17.5. The molecule has 8 heteroatoms. The zero-order valence-electron chi connectivity index (χ0n) is 23.2. The number of nitrogens with zero attached hydrogens (tertiary/aromatic N) is 2. The number of ether oxygens (including phenoxy) is 1. The van der Waals surface area contributed by atoms with Crippen LogP contribution in [0.25, 0.3) is 11.0 Å². The molecule has 0 saturated heterocycles. The van der Waals surface area contributed by atoms with Crippen LogP contribution >= 0.6 is 0 Å². The minimum absolute atomic E-state index is 0.0114. The van der Waals surface area contributed by atoms with Crippen molar-refractivity contribution in [2.45, 2.75) is 111 Å². The predicted octanol–water partition coefficient (Wildman–Crippen LogP) is 7.90. The van der Waals surface area contributed by atoms with Crippen LogP contribution in [-0.2, 0) is 4.74 Å². The van der Waals surface area contributed by atoms with Crippen LogP contribution in [0.3, 0.4) is 0 Å². The first-order valence-electron chi connectivity index (χ1n) is 11.7. The van der Waals surface area contributed by atoms with E-state index in [0.29, 0.717) is 28.4 Å². The standard InChI is InChI=1S/C25H44N2O4Si2/c1-17-26-18-15-20(30-32(11,12)24(5,6)7)21(31-33(13,14)25(8,9)10)16-19(18)27(17)22(28)29-23(2,3)4/h15-16H,1-14H3. The van der Waals surface area contributed by atoms with Crippen molar-refractivity contribution in [3.8, 4) is 11.5 Å². The Hall–Kier alpha value is -1.81. The number of benzene rings is 1. The Morgan fingerprint density at radius 2 is 1.24 bits per heavy atom. The second kappa shape index (κ2) is 8.45. The minimum atomic E-state index is -2.17. The smallest absolute Gasteiger partial charge is 0.420 e. The number of hydrogen-bond acceptors (Lipinski definition) is 5. The highest BCUT2D eigenvalue weighted by atomic mass is 28.4. The van der Waals surface area contributed by atoms with E-state index in [1.807, 2.05) is 39.8 Å². The van der Waals surface area contributed by atoms with Gasteiger partial charge in [-0.3, -0.25) is 0 Å². The fourth-order valence-corrected chi connectivity index (χ4v) is 4.79. The number of fused-ring (bicyclic) bond motifs is 1. The van der Waals surface area contributed by atoms with Gasteiger partial charge >= 0.3 is 6.09 Å². The Bertz CT molecular complexity index is 1040. The van der Waals surface area contributed by atoms with Gasteiger partial charge in [-0.1, -0.05) is 41.5 Å². The van der Waals surface area contributed by atoms with Crippen LogP contribution in [0.1, 0.15) is 68.1 Å². The summed E-state index contributed by atoms with van der Waals surface area (Å²) in [6, 6.07) is 3.83. The van der Waals surface area contributed by atoms with Crippen LogP contribution in [0, 0.1) is 6.92 Å². The Kier molecular flexibility index (Phi) is 7.02. The Labute approximate surface area is 202 Å². The molecule has 1 aromatic heterocycles. The number of aryl methyl sites for hydroxylation is 1. The zero-order valence-corrected chi connectivity index (χ0v) is 25.2. The van der Waals surface area contributed by atoms with Crippen LogP contribution in [-0.4, -0.2) is 37.9 Å². The van der Waals surface area contributed by atoms with E-state index in [2.05, 4.69) is 72.7 Å². The first-order chi connectivity index (χ1) is 14.6. The van der Waals surface area contributed by atoms with Crippen LogP contribution in [0.5, 0.6) is 11.5 Å². The highest BCUT2D eigenvalue weighted by Crippen LogP contribution is 2.44. The fourth-order valence-electron chi connectivity index (χ4n) is 2.76. The van der Waals surface area contributed by atoms with Gasteiger partial charge in [0.15, 0.2) is 0 Å². The van der Waals surface area contributed by atoms with Crippen molar-refractivity contribution in [3.63, 3.8) is 0 Å². The molecule has 0 aliphatic rings. The summed E-state index contributed by atoms with van der Waals surface area (Å²) in [7, 11) is -4.31. The van der Waals surface area contributed by atoms with Crippen LogP contribution in [0.15, 0.2) is 12.1 Å². The number of carbonyl (C=O) groups is 1.